The molecule has 6 aromatic carbocycles. The normalized spacial score (nSPS) is 13.8. The lowest BCUT2D eigenvalue weighted by atomic mass is 10.1. The number of aliphatic imine (C=N–C) groups is 4. The van der Waals surface area contributed by atoms with Gasteiger partial charge in [-0.1, -0.05) is 0 Å². The number of amides is 10. The quantitative estimate of drug-likeness (QED) is 0.0456. The predicted molar refractivity (Wildman–Crippen MR) is 319 cm³/mol. The Morgan fingerprint density at radius 2 is 0.543 bits per heavy atom. The van der Waals surface area contributed by atoms with Gasteiger partial charge in [0.15, 0.2) is 0 Å². The van der Waals surface area contributed by atoms with Crippen LogP contribution in [-0.4, -0.2) is 125 Å². The van der Waals surface area contributed by atoms with Crippen molar-refractivity contribution in [3.05, 3.63) is 167 Å². The third-order valence-electron chi connectivity index (χ3n) is 12.5. The van der Waals surface area contributed by atoms with Gasteiger partial charge in [0, 0.05) is 118 Å². The molecular formula is C56H57ClN18O6. The fourth-order valence-electron chi connectivity index (χ4n) is 8.75. The average Bonchev–Trinajstić information content (AvgIpc) is 4.34. The van der Waals surface area contributed by atoms with E-state index >= 15 is 0 Å². The molecule has 24 nitrogen and oxygen atoms in total. The van der Waals surface area contributed by atoms with Crippen LogP contribution in [0.5, 0.6) is 0 Å². The SMILES string of the molecule is Cl.O=C(Nc1ccc(C2=NCCN2)cc1)Nc1cc(NC(=O)Nc2ccc(C3=NCCN3)cc2)cc(C(=O)NCCNC(=O)c2cc(NC(=O)Nc3ccc(C4=NCCN4)cc3)cc(NC(=O)Nc3ccc(C4=NCCN4)cc3)c2)c1. The van der Waals surface area contributed by atoms with Crippen molar-refractivity contribution in [2.75, 3.05) is 108 Å². The van der Waals surface area contributed by atoms with Crippen LogP contribution in [0.25, 0.3) is 0 Å². The number of hydrogen-bond acceptors (Lipinski definition) is 14. The first kappa shape index (κ1) is 55.3. The Kier molecular flexibility index (Phi) is 17.9. The molecule has 0 spiro atoms. The maximum atomic E-state index is 13.8. The standard InChI is InChI=1S/C56H56N18O6.ClH/c75-51(37-27-43(71-53(77)67-39-9-1-33(2-10-39)47-57-17-18-58-47)31-44(28-37)72-54(78)68-40-11-3-34(4-12-40)48-59-19-20-60-48)65-25-26-66-52(76)38-29-45(73-55(79)69-41-13-5-35(6-14-41)49-61-21-22-62-49)32-46(30-38)74-56(80)70-42-15-7-36(8-16-42)50-63-23-24-64-50;/h1-16,27-32H,17-26H2,(H,57,58)(H,59,60)(H,61,62)(H,63,64)(H,65,75)(H,66,76)(H2,67,71,77)(H2,68,72,78)(H2,69,73,79)(H2,70,74,80);1H. The lowest BCUT2D eigenvalue weighted by Crippen LogP contribution is -2.35. The van der Waals surface area contributed by atoms with E-state index in [0.717, 1.165) is 71.8 Å². The number of hydrogen-bond donors (Lipinski definition) is 14. The molecule has 14 N–H and O–H groups in total. The molecule has 10 rings (SSSR count). The van der Waals surface area contributed by atoms with Crippen LogP contribution in [0.2, 0.25) is 0 Å². The zero-order chi connectivity index (χ0) is 55.2. The van der Waals surface area contributed by atoms with E-state index in [4.69, 9.17) is 0 Å². The molecule has 25 heteroatoms. The lowest BCUT2D eigenvalue weighted by molar-refractivity contribution is 0.0928. The highest BCUT2D eigenvalue weighted by Crippen LogP contribution is 2.24. The highest BCUT2D eigenvalue weighted by molar-refractivity contribution is 6.08. The third kappa shape index (κ3) is 15.2. The third-order valence-corrected chi connectivity index (χ3v) is 12.5. The van der Waals surface area contributed by atoms with Crippen LogP contribution in [0, 0.1) is 0 Å². The Bertz CT molecular complexity index is 3030. The van der Waals surface area contributed by atoms with E-state index in [1.165, 1.54) is 36.4 Å². The van der Waals surface area contributed by atoms with Crippen molar-refractivity contribution in [3.8, 4) is 0 Å². The second-order valence-electron chi connectivity index (χ2n) is 18.4. The fourth-order valence-corrected chi connectivity index (χ4v) is 8.75. The molecule has 6 aromatic rings. The average molecular weight is 1110 g/mol. The number of rotatable bonds is 17. The summed E-state index contributed by atoms with van der Waals surface area (Å²) in [5.41, 5.74) is 6.41. The number of halogens is 1. The summed E-state index contributed by atoms with van der Waals surface area (Å²) in [7, 11) is 0. The lowest BCUT2D eigenvalue weighted by Gasteiger charge is -2.15. The van der Waals surface area contributed by atoms with E-state index in [9.17, 15) is 28.8 Å². The summed E-state index contributed by atoms with van der Waals surface area (Å²) in [5, 5.41) is 40.5. The number of anilines is 8. The van der Waals surface area contributed by atoms with Gasteiger partial charge in [0.05, 0.1) is 26.2 Å². The molecule has 0 saturated heterocycles. The minimum atomic E-state index is -0.610. The molecule has 0 aliphatic carbocycles. The Morgan fingerprint density at radius 1 is 0.321 bits per heavy atom. The molecule has 0 aromatic heterocycles. The van der Waals surface area contributed by atoms with Crippen molar-refractivity contribution in [2.45, 2.75) is 0 Å². The van der Waals surface area contributed by atoms with E-state index in [1.54, 1.807) is 48.5 Å². The van der Waals surface area contributed by atoms with E-state index in [0.29, 0.717) is 48.9 Å². The molecule has 0 saturated carbocycles. The van der Waals surface area contributed by atoms with E-state index in [1.807, 2.05) is 48.5 Å². The molecule has 0 fully saturated rings. The minimum Gasteiger partial charge on any atom is -0.368 e. The van der Waals surface area contributed by atoms with Crippen molar-refractivity contribution in [3.63, 3.8) is 0 Å². The Labute approximate surface area is 470 Å². The summed E-state index contributed by atoms with van der Waals surface area (Å²) in [4.78, 5) is 98.6. The Balaban J connectivity index is 0.00000792. The summed E-state index contributed by atoms with van der Waals surface area (Å²) in [6.07, 6.45) is 0. The topological polar surface area (TPSA) is 320 Å². The predicted octanol–water partition coefficient (Wildman–Crippen LogP) is 6.24. The molecule has 0 atom stereocenters. The number of benzene rings is 6. The first-order chi connectivity index (χ1) is 39.0. The van der Waals surface area contributed by atoms with Crippen LogP contribution >= 0.6 is 12.4 Å². The van der Waals surface area contributed by atoms with Gasteiger partial charge in [-0.05, 0) is 133 Å². The van der Waals surface area contributed by atoms with Crippen molar-refractivity contribution in [2.24, 2.45) is 20.0 Å². The maximum absolute atomic E-state index is 13.8. The number of urea groups is 4. The van der Waals surface area contributed by atoms with Gasteiger partial charge < -0.3 is 74.4 Å². The summed E-state index contributed by atoms with van der Waals surface area (Å²) >= 11 is 0. The zero-order valence-corrected chi connectivity index (χ0v) is 44.2. The van der Waals surface area contributed by atoms with Crippen LogP contribution in [0.1, 0.15) is 43.0 Å². The first-order valence-corrected chi connectivity index (χ1v) is 25.8. The molecule has 4 aliphatic rings. The van der Waals surface area contributed by atoms with Gasteiger partial charge >= 0.3 is 24.1 Å². The number of carbonyl (C=O) groups excluding carboxylic acids is 6. The van der Waals surface area contributed by atoms with Crippen LogP contribution in [-0.2, 0) is 0 Å². The van der Waals surface area contributed by atoms with Gasteiger partial charge in [-0.15, -0.1) is 12.4 Å². The van der Waals surface area contributed by atoms with E-state index < -0.39 is 35.9 Å². The van der Waals surface area contributed by atoms with Gasteiger partial charge in [0.25, 0.3) is 11.8 Å². The fraction of sp³-hybridized carbons (Fsp3) is 0.179. The van der Waals surface area contributed by atoms with Crippen molar-refractivity contribution < 1.29 is 28.8 Å². The van der Waals surface area contributed by atoms with Gasteiger partial charge in [0.1, 0.15) is 23.3 Å². The number of nitrogens with one attached hydrogen (secondary N) is 14. The van der Waals surface area contributed by atoms with Gasteiger partial charge in [0.2, 0.25) is 0 Å². The minimum absolute atomic E-state index is 0. The summed E-state index contributed by atoms with van der Waals surface area (Å²) in [6.45, 7) is 5.66. The molecule has 4 aliphatic heterocycles. The van der Waals surface area contributed by atoms with E-state index in [2.05, 4.69) is 94.4 Å². The Morgan fingerprint density at radius 3 is 0.753 bits per heavy atom. The summed E-state index contributed by atoms with van der Waals surface area (Å²) in [5.74, 6) is 1.94. The van der Waals surface area contributed by atoms with Crippen LogP contribution < -0.4 is 74.4 Å². The van der Waals surface area contributed by atoms with Crippen LogP contribution in [0.15, 0.2) is 153 Å². The van der Waals surface area contributed by atoms with Crippen molar-refractivity contribution in [1.29, 1.82) is 0 Å². The number of carbonyl (C=O) groups is 6. The molecule has 81 heavy (non-hydrogen) atoms. The molecular weight excluding hydrogens is 1060 g/mol. The first-order valence-electron chi connectivity index (χ1n) is 25.8. The van der Waals surface area contributed by atoms with Gasteiger partial charge in [-0.25, -0.2) is 19.2 Å². The number of nitrogens with zero attached hydrogens (tertiary/aromatic N) is 4. The van der Waals surface area contributed by atoms with Crippen molar-refractivity contribution in [1.82, 2.24) is 31.9 Å². The second-order valence-corrected chi connectivity index (χ2v) is 18.4. The molecule has 4 heterocycles. The molecule has 414 valence electrons. The number of amidine groups is 4. The molecule has 0 bridgehead atoms. The summed E-state index contributed by atoms with van der Waals surface area (Å²) < 4.78 is 0. The highest BCUT2D eigenvalue weighted by atomic mass is 35.5. The maximum Gasteiger partial charge on any atom is 0.323 e. The highest BCUT2D eigenvalue weighted by Gasteiger charge is 2.18. The van der Waals surface area contributed by atoms with Crippen LogP contribution in [0.3, 0.4) is 0 Å². The molecule has 0 radical (unpaired) electrons. The smallest absolute Gasteiger partial charge is 0.323 e. The van der Waals surface area contributed by atoms with Crippen molar-refractivity contribution >= 4 is 117 Å². The largest absolute Gasteiger partial charge is 0.368 e. The second kappa shape index (κ2) is 26.2. The van der Waals surface area contributed by atoms with Gasteiger partial charge in [-0.3, -0.25) is 29.6 Å². The summed E-state index contributed by atoms with van der Waals surface area (Å²) in [6, 6.07) is 34.9. The monoisotopic (exact) mass is 1110 g/mol. The molecule has 10 amide bonds. The van der Waals surface area contributed by atoms with E-state index in [-0.39, 0.29) is 59.4 Å². The zero-order valence-electron chi connectivity index (χ0n) is 43.4. The molecule has 0 unspecified atom stereocenters. The van der Waals surface area contributed by atoms with Crippen LogP contribution in [0.4, 0.5) is 64.7 Å². The van der Waals surface area contributed by atoms with Gasteiger partial charge in [-0.2, -0.15) is 0 Å². The Hall–Kier alpha value is -10.5.